The maximum absolute atomic E-state index is 12.1. The predicted molar refractivity (Wildman–Crippen MR) is 64.0 cm³/mol. The van der Waals surface area contributed by atoms with Crippen LogP contribution in [0.1, 0.15) is 20.7 Å². The maximum Gasteiger partial charge on any atom is 0.328 e. The maximum atomic E-state index is 12.1. The predicted octanol–water partition coefficient (Wildman–Crippen LogP) is 1.51. The summed E-state index contributed by atoms with van der Waals surface area (Å²) < 4.78 is 0. The van der Waals surface area contributed by atoms with E-state index in [0.717, 1.165) is 5.39 Å². The lowest BCUT2D eigenvalue weighted by Crippen LogP contribution is -2.47. The number of nitrogens with two attached hydrogens (primary N) is 1. The lowest BCUT2D eigenvalue weighted by Gasteiger charge is -2.23. The van der Waals surface area contributed by atoms with Crippen molar-refractivity contribution in [3.05, 3.63) is 47.5 Å². The number of imide groups is 3. The van der Waals surface area contributed by atoms with Gasteiger partial charge in [-0.1, -0.05) is 24.3 Å². The average Bonchev–Trinajstić information content (AvgIpc) is 2.35. The van der Waals surface area contributed by atoms with E-state index in [1.807, 2.05) is 12.1 Å². The van der Waals surface area contributed by atoms with Gasteiger partial charge in [-0.3, -0.25) is 9.59 Å². The molecule has 2 N–H and O–H groups in total. The van der Waals surface area contributed by atoms with Gasteiger partial charge in [-0.2, -0.15) is 4.90 Å². The topological polar surface area (TPSA) is 80.5 Å². The molecule has 0 saturated carbocycles. The van der Waals surface area contributed by atoms with Crippen LogP contribution in [-0.4, -0.2) is 22.7 Å². The Kier molecular flexibility index (Phi) is 1.98. The van der Waals surface area contributed by atoms with Crippen molar-refractivity contribution >= 4 is 28.6 Å². The first-order chi connectivity index (χ1) is 8.61. The van der Waals surface area contributed by atoms with Gasteiger partial charge < -0.3 is 5.73 Å². The molecule has 1 heterocycles. The third-order valence-electron chi connectivity index (χ3n) is 2.99. The van der Waals surface area contributed by atoms with Gasteiger partial charge >= 0.3 is 6.03 Å². The van der Waals surface area contributed by atoms with Crippen LogP contribution in [0.25, 0.3) is 10.8 Å². The van der Waals surface area contributed by atoms with E-state index in [0.29, 0.717) is 21.4 Å². The number of urea groups is 1. The Balaban J connectivity index is 2.42. The van der Waals surface area contributed by atoms with Crippen LogP contribution in [0.5, 0.6) is 0 Å². The molecule has 0 fully saturated rings. The third-order valence-corrected chi connectivity index (χ3v) is 2.99. The molecule has 4 amide bonds. The number of carbonyl (C=O) groups excluding carboxylic acids is 3. The molecule has 2 aromatic rings. The Morgan fingerprint density at radius 2 is 1.44 bits per heavy atom. The molecule has 0 atom stereocenters. The minimum Gasteiger partial charge on any atom is -0.351 e. The second-order valence-corrected chi connectivity index (χ2v) is 3.99. The highest BCUT2D eigenvalue weighted by molar-refractivity contribution is 6.30. The van der Waals surface area contributed by atoms with Crippen LogP contribution in [0.2, 0.25) is 0 Å². The lowest BCUT2D eigenvalue weighted by molar-refractivity contribution is 0.0669. The molecular weight excluding hydrogens is 232 g/mol. The van der Waals surface area contributed by atoms with Crippen molar-refractivity contribution in [1.29, 1.82) is 0 Å². The fourth-order valence-electron chi connectivity index (χ4n) is 2.23. The van der Waals surface area contributed by atoms with Crippen molar-refractivity contribution in [2.24, 2.45) is 5.73 Å². The van der Waals surface area contributed by atoms with E-state index in [1.165, 1.54) is 0 Å². The molecule has 0 bridgehead atoms. The van der Waals surface area contributed by atoms with Crippen LogP contribution >= 0.6 is 0 Å². The van der Waals surface area contributed by atoms with Crippen LogP contribution in [0, 0.1) is 0 Å². The van der Waals surface area contributed by atoms with Gasteiger partial charge in [0.2, 0.25) is 0 Å². The van der Waals surface area contributed by atoms with Crippen LogP contribution in [0.4, 0.5) is 4.79 Å². The van der Waals surface area contributed by atoms with Gasteiger partial charge in [0, 0.05) is 16.5 Å². The van der Waals surface area contributed by atoms with Gasteiger partial charge in [0.1, 0.15) is 0 Å². The molecule has 0 saturated heterocycles. The molecule has 0 spiro atoms. The Labute approximate surface area is 102 Å². The van der Waals surface area contributed by atoms with E-state index >= 15 is 0 Å². The minimum atomic E-state index is -1.06. The number of hydrogen-bond donors (Lipinski definition) is 1. The average molecular weight is 240 g/mol. The number of primary amides is 1. The zero-order chi connectivity index (χ0) is 12.9. The van der Waals surface area contributed by atoms with Gasteiger partial charge in [0.15, 0.2) is 0 Å². The molecule has 1 aliphatic heterocycles. The number of benzene rings is 2. The number of hydrogen-bond acceptors (Lipinski definition) is 3. The second kappa shape index (κ2) is 3.40. The van der Waals surface area contributed by atoms with Crippen molar-refractivity contribution < 1.29 is 14.4 Å². The highest BCUT2D eigenvalue weighted by atomic mass is 16.2. The minimum absolute atomic E-state index is 0.321. The molecule has 1 aliphatic rings. The SMILES string of the molecule is NC(=O)N1C(=O)c2cccc3cccc(c23)C1=O. The van der Waals surface area contributed by atoms with Crippen molar-refractivity contribution in [2.75, 3.05) is 0 Å². The van der Waals surface area contributed by atoms with Crippen molar-refractivity contribution in [2.45, 2.75) is 0 Å². The summed E-state index contributed by atoms with van der Waals surface area (Å²) in [5.74, 6) is -1.34. The molecule has 5 nitrogen and oxygen atoms in total. The molecule has 88 valence electrons. The number of nitrogens with zero attached hydrogens (tertiary/aromatic N) is 1. The summed E-state index contributed by atoms with van der Waals surface area (Å²) in [7, 11) is 0. The Bertz CT molecular complexity index is 670. The fraction of sp³-hybridized carbons (Fsp3) is 0. The third kappa shape index (κ3) is 1.18. The zero-order valence-corrected chi connectivity index (χ0v) is 9.21. The quantitative estimate of drug-likeness (QED) is 0.709. The van der Waals surface area contributed by atoms with E-state index < -0.39 is 17.8 Å². The first kappa shape index (κ1) is 10.5. The van der Waals surface area contributed by atoms with E-state index in [1.54, 1.807) is 24.3 Å². The summed E-state index contributed by atoms with van der Waals surface area (Å²) >= 11 is 0. The molecule has 0 aliphatic carbocycles. The molecular formula is C13H8N2O3. The normalized spacial score (nSPS) is 14.1. The monoisotopic (exact) mass is 240 g/mol. The summed E-state index contributed by atoms with van der Waals surface area (Å²) in [4.78, 5) is 35.8. The standard InChI is InChI=1S/C13H8N2O3/c14-13(18)15-11(16)8-5-1-3-7-4-2-6-9(10(7)8)12(15)17/h1-6H,(H2,14,18). The molecule has 0 aromatic heterocycles. The zero-order valence-electron chi connectivity index (χ0n) is 9.21. The van der Waals surface area contributed by atoms with Crippen molar-refractivity contribution in [3.8, 4) is 0 Å². The number of rotatable bonds is 0. The Morgan fingerprint density at radius 1 is 0.944 bits per heavy atom. The van der Waals surface area contributed by atoms with E-state index in [4.69, 9.17) is 5.73 Å². The molecule has 18 heavy (non-hydrogen) atoms. The van der Waals surface area contributed by atoms with E-state index in [9.17, 15) is 14.4 Å². The smallest absolute Gasteiger partial charge is 0.328 e. The van der Waals surface area contributed by atoms with Gasteiger partial charge in [-0.25, -0.2) is 4.79 Å². The first-order valence-electron chi connectivity index (χ1n) is 5.31. The molecule has 0 unspecified atom stereocenters. The number of carbonyl (C=O) groups is 3. The Hall–Kier alpha value is -2.69. The molecule has 0 radical (unpaired) electrons. The van der Waals surface area contributed by atoms with Crippen molar-refractivity contribution in [1.82, 2.24) is 4.90 Å². The molecule has 2 aromatic carbocycles. The fourth-order valence-corrected chi connectivity index (χ4v) is 2.23. The van der Waals surface area contributed by atoms with Crippen LogP contribution in [0.15, 0.2) is 36.4 Å². The lowest BCUT2D eigenvalue weighted by atomic mass is 9.94. The van der Waals surface area contributed by atoms with E-state index in [2.05, 4.69) is 0 Å². The van der Waals surface area contributed by atoms with Crippen LogP contribution in [0.3, 0.4) is 0 Å². The Morgan fingerprint density at radius 3 is 1.89 bits per heavy atom. The highest BCUT2D eigenvalue weighted by Gasteiger charge is 2.35. The van der Waals surface area contributed by atoms with Crippen LogP contribution in [-0.2, 0) is 0 Å². The van der Waals surface area contributed by atoms with Gasteiger partial charge in [0.25, 0.3) is 11.8 Å². The summed E-state index contributed by atoms with van der Waals surface area (Å²) in [6.07, 6.45) is 0. The van der Waals surface area contributed by atoms with Gasteiger partial charge in [-0.05, 0) is 17.5 Å². The number of amides is 4. The first-order valence-corrected chi connectivity index (χ1v) is 5.31. The van der Waals surface area contributed by atoms with Crippen molar-refractivity contribution in [3.63, 3.8) is 0 Å². The summed E-state index contributed by atoms with van der Waals surface area (Å²) in [6.45, 7) is 0. The summed E-state index contributed by atoms with van der Waals surface area (Å²) in [6, 6.07) is 9.12. The van der Waals surface area contributed by atoms with Gasteiger partial charge in [-0.15, -0.1) is 0 Å². The summed E-state index contributed by atoms with van der Waals surface area (Å²) in [5.41, 5.74) is 5.72. The summed E-state index contributed by atoms with van der Waals surface area (Å²) in [5, 5.41) is 1.36. The second-order valence-electron chi connectivity index (χ2n) is 3.99. The van der Waals surface area contributed by atoms with E-state index in [-0.39, 0.29) is 0 Å². The largest absolute Gasteiger partial charge is 0.351 e. The van der Waals surface area contributed by atoms with Gasteiger partial charge in [0.05, 0.1) is 0 Å². The molecule has 3 rings (SSSR count). The highest BCUT2D eigenvalue weighted by Crippen LogP contribution is 2.29. The van der Waals surface area contributed by atoms with Crippen LogP contribution < -0.4 is 5.73 Å². The molecule has 5 heteroatoms.